The van der Waals surface area contributed by atoms with Crippen molar-refractivity contribution < 1.29 is 19.4 Å². The van der Waals surface area contributed by atoms with Gasteiger partial charge in [0.05, 0.1) is 28.8 Å². The van der Waals surface area contributed by atoms with Gasteiger partial charge in [-0.25, -0.2) is 0 Å². The van der Waals surface area contributed by atoms with Gasteiger partial charge in [-0.2, -0.15) is 0 Å². The number of ether oxygens (including phenoxy) is 1. The van der Waals surface area contributed by atoms with Gasteiger partial charge in [-0.15, -0.1) is 0 Å². The molecule has 7 heteroatoms. The molecule has 1 N–H and O–H groups in total. The van der Waals surface area contributed by atoms with Crippen molar-refractivity contribution in [3.8, 4) is 5.75 Å². The molecule has 0 aliphatic carbocycles. The van der Waals surface area contributed by atoms with Gasteiger partial charge >= 0.3 is 0 Å². The third kappa shape index (κ3) is 3.74. The Balaban J connectivity index is 1.95. The Morgan fingerprint density at radius 1 is 0.969 bits per heavy atom. The predicted molar refractivity (Wildman–Crippen MR) is 125 cm³/mol. The number of halogens is 2. The number of hydrogen-bond donors (Lipinski definition) is 1. The van der Waals surface area contributed by atoms with Crippen molar-refractivity contribution in [1.82, 2.24) is 0 Å². The molecule has 5 nitrogen and oxygen atoms in total. The van der Waals surface area contributed by atoms with E-state index < -0.39 is 17.7 Å². The van der Waals surface area contributed by atoms with Gasteiger partial charge in [0, 0.05) is 11.3 Å². The molecular formula is C25H19Cl2NO4. The number of aliphatic hydroxyl groups is 1. The molecule has 0 radical (unpaired) electrons. The normalized spacial score (nSPS) is 17.6. The summed E-state index contributed by atoms with van der Waals surface area (Å²) in [6.45, 7) is 1.89. The van der Waals surface area contributed by atoms with E-state index in [0.29, 0.717) is 27.6 Å². The SMILES string of the molecule is COc1ccc(/C(O)=C2\C(=O)C(=O)N(c3ccc(Cl)c(Cl)c3)C2c2ccccc2C)cc1. The first-order valence-corrected chi connectivity index (χ1v) is 10.5. The Kier molecular flexibility index (Phi) is 5.96. The van der Waals surface area contributed by atoms with Crippen LogP contribution in [0.5, 0.6) is 5.75 Å². The van der Waals surface area contributed by atoms with E-state index in [9.17, 15) is 14.7 Å². The van der Waals surface area contributed by atoms with Gasteiger partial charge in [0.1, 0.15) is 11.5 Å². The van der Waals surface area contributed by atoms with Crippen LogP contribution in [-0.2, 0) is 9.59 Å². The molecule has 0 spiro atoms. The highest BCUT2D eigenvalue weighted by Gasteiger charge is 2.47. The lowest BCUT2D eigenvalue weighted by atomic mass is 9.92. The summed E-state index contributed by atoms with van der Waals surface area (Å²) in [6.07, 6.45) is 0. The number of aliphatic hydroxyl groups excluding tert-OH is 1. The van der Waals surface area contributed by atoms with Crippen molar-refractivity contribution in [2.24, 2.45) is 0 Å². The first kappa shape index (κ1) is 21.9. The Bertz CT molecular complexity index is 1250. The number of carbonyl (C=O) groups is 2. The highest BCUT2D eigenvalue weighted by atomic mass is 35.5. The molecule has 32 heavy (non-hydrogen) atoms. The number of benzene rings is 3. The minimum atomic E-state index is -0.837. The minimum Gasteiger partial charge on any atom is -0.507 e. The summed E-state index contributed by atoms with van der Waals surface area (Å²) < 4.78 is 5.16. The van der Waals surface area contributed by atoms with Gasteiger partial charge in [-0.1, -0.05) is 47.5 Å². The maximum Gasteiger partial charge on any atom is 0.300 e. The van der Waals surface area contributed by atoms with Crippen LogP contribution in [0.15, 0.2) is 72.3 Å². The number of amides is 1. The highest BCUT2D eigenvalue weighted by Crippen LogP contribution is 2.44. The maximum absolute atomic E-state index is 13.2. The molecule has 1 amide bonds. The average Bonchev–Trinajstić information content (AvgIpc) is 3.06. The smallest absolute Gasteiger partial charge is 0.300 e. The summed E-state index contributed by atoms with van der Waals surface area (Å²) >= 11 is 12.2. The fraction of sp³-hybridized carbons (Fsp3) is 0.120. The predicted octanol–water partition coefficient (Wildman–Crippen LogP) is 5.94. The lowest BCUT2D eigenvalue weighted by Crippen LogP contribution is -2.29. The third-order valence-corrected chi connectivity index (χ3v) is 6.21. The van der Waals surface area contributed by atoms with Crippen molar-refractivity contribution in [2.45, 2.75) is 13.0 Å². The van der Waals surface area contributed by atoms with Crippen molar-refractivity contribution in [2.75, 3.05) is 12.0 Å². The molecule has 1 fully saturated rings. The Morgan fingerprint density at radius 3 is 2.28 bits per heavy atom. The topological polar surface area (TPSA) is 66.8 Å². The van der Waals surface area contributed by atoms with E-state index >= 15 is 0 Å². The number of methoxy groups -OCH3 is 1. The summed E-state index contributed by atoms with van der Waals surface area (Å²) in [5.41, 5.74) is 2.39. The van der Waals surface area contributed by atoms with Crippen molar-refractivity contribution in [3.05, 3.63) is 99.0 Å². The van der Waals surface area contributed by atoms with Gasteiger partial charge in [0.15, 0.2) is 0 Å². The van der Waals surface area contributed by atoms with Crippen LogP contribution in [0, 0.1) is 6.92 Å². The Morgan fingerprint density at radius 2 is 1.66 bits per heavy atom. The van der Waals surface area contributed by atoms with Gasteiger partial charge in [-0.05, 0) is 60.5 Å². The monoisotopic (exact) mass is 467 g/mol. The van der Waals surface area contributed by atoms with E-state index in [0.717, 1.165) is 5.56 Å². The van der Waals surface area contributed by atoms with E-state index in [2.05, 4.69) is 0 Å². The van der Waals surface area contributed by atoms with Crippen LogP contribution in [0.3, 0.4) is 0 Å². The van der Waals surface area contributed by atoms with E-state index in [1.165, 1.54) is 18.1 Å². The molecule has 1 heterocycles. The second kappa shape index (κ2) is 8.69. The van der Waals surface area contributed by atoms with E-state index in [1.807, 2.05) is 31.2 Å². The lowest BCUT2D eigenvalue weighted by Gasteiger charge is -2.27. The molecule has 3 aromatic rings. The zero-order chi connectivity index (χ0) is 23.0. The summed E-state index contributed by atoms with van der Waals surface area (Å²) in [7, 11) is 1.54. The van der Waals surface area contributed by atoms with Gasteiger partial charge < -0.3 is 9.84 Å². The second-order valence-electron chi connectivity index (χ2n) is 7.35. The molecule has 162 valence electrons. The summed E-state index contributed by atoms with van der Waals surface area (Å²) in [5, 5.41) is 11.7. The zero-order valence-corrected chi connectivity index (χ0v) is 18.8. The molecule has 0 aromatic heterocycles. The first-order chi connectivity index (χ1) is 15.3. The van der Waals surface area contributed by atoms with E-state index in [4.69, 9.17) is 27.9 Å². The fourth-order valence-electron chi connectivity index (χ4n) is 3.83. The zero-order valence-electron chi connectivity index (χ0n) is 17.3. The molecular weight excluding hydrogens is 449 g/mol. The summed E-state index contributed by atoms with van der Waals surface area (Å²) in [5.74, 6) is -1.19. The number of anilines is 1. The van der Waals surface area contributed by atoms with Crippen LogP contribution in [0.1, 0.15) is 22.7 Å². The van der Waals surface area contributed by atoms with Gasteiger partial charge in [0.2, 0.25) is 0 Å². The Labute approximate surface area is 195 Å². The van der Waals surface area contributed by atoms with E-state index in [1.54, 1.807) is 36.4 Å². The van der Waals surface area contributed by atoms with Crippen molar-refractivity contribution >= 4 is 46.3 Å². The second-order valence-corrected chi connectivity index (χ2v) is 8.17. The molecule has 1 aliphatic heterocycles. The van der Waals surface area contributed by atoms with Gasteiger partial charge in [0.25, 0.3) is 11.7 Å². The minimum absolute atomic E-state index is 0.000499. The van der Waals surface area contributed by atoms with Crippen LogP contribution in [0.25, 0.3) is 5.76 Å². The number of rotatable bonds is 4. The van der Waals surface area contributed by atoms with Gasteiger partial charge in [-0.3, -0.25) is 14.5 Å². The molecule has 0 saturated carbocycles. The molecule has 1 unspecified atom stereocenters. The maximum atomic E-state index is 13.2. The standard InChI is InChI=1S/C25H19Cl2NO4/c1-14-5-3-4-6-18(14)22-21(23(29)15-7-10-17(32-2)11-8-15)24(30)25(31)28(22)16-9-12-19(26)20(27)13-16/h3-13,22,29H,1-2H3/b23-21+. The molecule has 1 saturated heterocycles. The molecule has 1 atom stereocenters. The third-order valence-electron chi connectivity index (χ3n) is 5.47. The number of nitrogens with zero attached hydrogens (tertiary/aromatic N) is 1. The molecule has 3 aromatic carbocycles. The lowest BCUT2D eigenvalue weighted by molar-refractivity contribution is -0.132. The highest BCUT2D eigenvalue weighted by molar-refractivity contribution is 6.52. The number of hydrogen-bond acceptors (Lipinski definition) is 4. The average molecular weight is 468 g/mol. The van der Waals surface area contributed by atoms with Crippen LogP contribution in [0.2, 0.25) is 10.0 Å². The molecule has 0 bridgehead atoms. The summed E-state index contributed by atoms with van der Waals surface area (Å²) in [6, 6.07) is 17.9. The van der Waals surface area contributed by atoms with Crippen LogP contribution < -0.4 is 9.64 Å². The van der Waals surface area contributed by atoms with E-state index in [-0.39, 0.29) is 16.4 Å². The quantitative estimate of drug-likeness (QED) is 0.293. The number of aryl methyl sites for hydroxylation is 1. The van der Waals surface area contributed by atoms with Crippen LogP contribution >= 0.6 is 23.2 Å². The van der Waals surface area contributed by atoms with Crippen molar-refractivity contribution in [3.63, 3.8) is 0 Å². The largest absolute Gasteiger partial charge is 0.507 e. The molecule has 4 rings (SSSR count). The summed E-state index contributed by atoms with van der Waals surface area (Å²) in [4.78, 5) is 27.7. The molecule has 1 aliphatic rings. The van der Waals surface area contributed by atoms with Crippen LogP contribution in [-0.4, -0.2) is 23.9 Å². The van der Waals surface area contributed by atoms with Crippen LogP contribution in [0.4, 0.5) is 5.69 Å². The number of ketones is 1. The fourth-order valence-corrected chi connectivity index (χ4v) is 4.12. The number of Topliss-reactive ketones (excluding diaryl/α,β-unsaturated/α-hetero) is 1. The van der Waals surface area contributed by atoms with Crippen molar-refractivity contribution in [1.29, 1.82) is 0 Å². The first-order valence-electron chi connectivity index (χ1n) is 9.79. The Hall–Kier alpha value is -3.28. The number of carbonyl (C=O) groups excluding carboxylic acids is 2.